The summed E-state index contributed by atoms with van der Waals surface area (Å²) in [5.74, 6) is 1.41. The lowest BCUT2D eigenvalue weighted by Crippen LogP contribution is -2.37. The molecule has 0 aliphatic heterocycles. The molecule has 0 saturated heterocycles. The van der Waals surface area contributed by atoms with E-state index in [9.17, 15) is 0 Å². The van der Waals surface area contributed by atoms with Crippen LogP contribution in [0.3, 0.4) is 0 Å². The molecule has 0 radical (unpaired) electrons. The largest absolute Gasteiger partial charge is 0.379 e. The first-order valence-electron chi connectivity index (χ1n) is 8.21. The first-order chi connectivity index (χ1) is 9.31. The van der Waals surface area contributed by atoms with Gasteiger partial charge in [-0.3, -0.25) is 0 Å². The Balaban J connectivity index is 2.19. The lowest BCUT2D eigenvalue weighted by molar-refractivity contribution is -0.0475. The van der Waals surface area contributed by atoms with Crippen molar-refractivity contribution in [1.29, 1.82) is 0 Å². The first-order valence-corrected chi connectivity index (χ1v) is 8.21. The molecule has 19 heavy (non-hydrogen) atoms. The summed E-state index contributed by atoms with van der Waals surface area (Å²) in [5.41, 5.74) is 5.87. The van der Waals surface area contributed by atoms with Gasteiger partial charge in [0.1, 0.15) is 0 Å². The molecule has 1 rings (SSSR count). The Hall–Kier alpha value is -0.120. The number of hydrogen-bond donors (Lipinski definition) is 1. The summed E-state index contributed by atoms with van der Waals surface area (Å²) in [5, 5.41) is 0. The van der Waals surface area contributed by atoms with Crippen molar-refractivity contribution in [3.63, 3.8) is 0 Å². The van der Waals surface area contributed by atoms with Crippen molar-refractivity contribution in [3.05, 3.63) is 0 Å². The van der Waals surface area contributed by atoms with Crippen LogP contribution in [0.2, 0.25) is 0 Å². The standard InChI is InChI=1S/C16H33NO2/c1-3-5-9-18-10-11-19-16-12-14(6-4-2)7-8-15(16)13-17/h14-16H,3-13,17H2,1-2H3. The van der Waals surface area contributed by atoms with Crippen LogP contribution >= 0.6 is 0 Å². The molecule has 1 saturated carbocycles. The predicted molar refractivity (Wildman–Crippen MR) is 80.3 cm³/mol. The Morgan fingerprint density at radius 1 is 1.05 bits per heavy atom. The Bertz CT molecular complexity index is 211. The van der Waals surface area contributed by atoms with Crippen LogP contribution in [0.1, 0.15) is 58.8 Å². The molecule has 1 aliphatic carbocycles. The molecule has 3 atom stereocenters. The van der Waals surface area contributed by atoms with Crippen LogP contribution in [0.4, 0.5) is 0 Å². The van der Waals surface area contributed by atoms with Gasteiger partial charge in [0.25, 0.3) is 0 Å². The summed E-state index contributed by atoms with van der Waals surface area (Å²) < 4.78 is 11.6. The summed E-state index contributed by atoms with van der Waals surface area (Å²) >= 11 is 0. The topological polar surface area (TPSA) is 44.5 Å². The second kappa shape index (κ2) is 10.6. The summed E-state index contributed by atoms with van der Waals surface area (Å²) in [6.07, 6.45) is 9.10. The minimum Gasteiger partial charge on any atom is -0.379 e. The predicted octanol–water partition coefficient (Wildman–Crippen LogP) is 3.36. The average Bonchev–Trinajstić information content (AvgIpc) is 2.43. The van der Waals surface area contributed by atoms with E-state index in [-0.39, 0.29) is 0 Å². The fourth-order valence-electron chi connectivity index (χ4n) is 3.03. The van der Waals surface area contributed by atoms with E-state index in [1.165, 1.54) is 38.5 Å². The quantitative estimate of drug-likeness (QED) is 0.620. The highest BCUT2D eigenvalue weighted by Gasteiger charge is 2.29. The summed E-state index contributed by atoms with van der Waals surface area (Å²) in [4.78, 5) is 0. The molecule has 0 aromatic rings. The number of unbranched alkanes of at least 4 members (excludes halogenated alkanes) is 1. The first kappa shape index (κ1) is 16.9. The number of rotatable bonds is 10. The molecular weight excluding hydrogens is 238 g/mol. The Morgan fingerprint density at radius 2 is 1.89 bits per heavy atom. The van der Waals surface area contributed by atoms with Crippen LogP contribution in [-0.2, 0) is 9.47 Å². The zero-order valence-electron chi connectivity index (χ0n) is 12.9. The molecule has 3 unspecified atom stereocenters. The second-order valence-electron chi connectivity index (χ2n) is 5.84. The van der Waals surface area contributed by atoms with Crippen LogP contribution in [0.25, 0.3) is 0 Å². The SMILES string of the molecule is CCCCOCCOC1CC(CCC)CCC1CN. The van der Waals surface area contributed by atoms with E-state index < -0.39 is 0 Å². The van der Waals surface area contributed by atoms with E-state index in [0.29, 0.717) is 12.0 Å². The zero-order valence-corrected chi connectivity index (χ0v) is 12.9. The minimum atomic E-state index is 0.366. The minimum absolute atomic E-state index is 0.366. The fraction of sp³-hybridized carbons (Fsp3) is 1.00. The van der Waals surface area contributed by atoms with Gasteiger partial charge in [-0.25, -0.2) is 0 Å². The summed E-state index contributed by atoms with van der Waals surface area (Å²) in [6, 6.07) is 0. The smallest absolute Gasteiger partial charge is 0.0704 e. The Labute approximate surface area is 119 Å². The third-order valence-corrected chi connectivity index (χ3v) is 4.24. The van der Waals surface area contributed by atoms with Crippen molar-refractivity contribution in [2.75, 3.05) is 26.4 Å². The molecule has 2 N–H and O–H groups in total. The molecule has 0 heterocycles. The molecule has 3 nitrogen and oxygen atoms in total. The third kappa shape index (κ3) is 6.73. The maximum atomic E-state index is 6.04. The van der Waals surface area contributed by atoms with Crippen molar-refractivity contribution in [3.8, 4) is 0 Å². The lowest BCUT2D eigenvalue weighted by atomic mass is 9.78. The highest BCUT2D eigenvalue weighted by molar-refractivity contribution is 4.81. The van der Waals surface area contributed by atoms with E-state index in [0.717, 1.165) is 38.7 Å². The van der Waals surface area contributed by atoms with Crippen LogP contribution in [-0.4, -0.2) is 32.5 Å². The van der Waals surface area contributed by atoms with E-state index in [1.54, 1.807) is 0 Å². The van der Waals surface area contributed by atoms with E-state index in [2.05, 4.69) is 13.8 Å². The van der Waals surface area contributed by atoms with Gasteiger partial charge in [-0.15, -0.1) is 0 Å². The molecule has 1 aliphatic rings. The van der Waals surface area contributed by atoms with Crippen molar-refractivity contribution in [2.24, 2.45) is 17.6 Å². The molecule has 0 aromatic carbocycles. The van der Waals surface area contributed by atoms with E-state index in [1.807, 2.05) is 0 Å². The fourth-order valence-corrected chi connectivity index (χ4v) is 3.03. The highest BCUT2D eigenvalue weighted by Crippen LogP contribution is 2.33. The van der Waals surface area contributed by atoms with Crippen LogP contribution < -0.4 is 5.73 Å². The third-order valence-electron chi connectivity index (χ3n) is 4.24. The summed E-state index contributed by atoms with van der Waals surface area (Å²) in [6.45, 7) is 7.54. The lowest BCUT2D eigenvalue weighted by Gasteiger charge is -2.35. The van der Waals surface area contributed by atoms with Crippen molar-refractivity contribution >= 4 is 0 Å². The molecule has 0 aromatic heterocycles. The number of ether oxygens (including phenoxy) is 2. The van der Waals surface area contributed by atoms with Crippen LogP contribution in [0.15, 0.2) is 0 Å². The van der Waals surface area contributed by atoms with Gasteiger partial charge in [0.05, 0.1) is 19.3 Å². The van der Waals surface area contributed by atoms with E-state index in [4.69, 9.17) is 15.2 Å². The van der Waals surface area contributed by atoms with Gasteiger partial charge in [-0.05, 0) is 44.1 Å². The average molecular weight is 271 g/mol. The van der Waals surface area contributed by atoms with Gasteiger partial charge < -0.3 is 15.2 Å². The summed E-state index contributed by atoms with van der Waals surface area (Å²) in [7, 11) is 0. The van der Waals surface area contributed by atoms with Gasteiger partial charge in [0.15, 0.2) is 0 Å². The molecule has 0 amide bonds. The van der Waals surface area contributed by atoms with Crippen LogP contribution in [0.5, 0.6) is 0 Å². The van der Waals surface area contributed by atoms with Crippen molar-refractivity contribution in [2.45, 2.75) is 64.9 Å². The van der Waals surface area contributed by atoms with Crippen LogP contribution in [0, 0.1) is 11.8 Å². The van der Waals surface area contributed by atoms with Crippen molar-refractivity contribution < 1.29 is 9.47 Å². The Morgan fingerprint density at radius 3 is 2.58 bits per heavy atom. The number of nitrogens with two attached hydrogens (primary N) is 1. The Kier molecular flexibility index (Phi) is 9.48. The van der Waals surface area contributed by atoms with Gasteiger partial charge in [0, 0.05) is 6.61 Å². The van der Waals surface area contributed by atoms with E-state index >= 15 is 0 Å². The van der Waals surface area contributed by atoms with Gasteiger partial charge in [-0.2, -0.15) is 0 Å². The molecule has 3 heteroatoms. The molecule has 114 valence electrons. The zero-order chi connectivity index (χ0) is 13.9. The maximum Gasteiger partial charge on any atom is 0.0704 e. The molecule has 0 bridgehead atoms. The van der Waals surface area contributed by atoms with Gasteiger partial charge >= 0.3 is 0 Å². The van der Waals surface area contributed by atoms with Crippen molar-refractivity contribution in [1.82, 2.24) is 0 Å². The van der Waals surface area contributed by atoms with Gasteiger partial charge in [-0.1, -0.05) is 33.1 Å². The van der Waals surface area contributed by atoms with Gasteiger partial charge in [0.2, 0.25) is 0 Å². The molecular formula is C16H33NO2. The second-order valence-corrected chi connectivity index (χ2v) is 5.84. The normalized spacial score (nSPS) is 27.6. The number of hydrogen-bond acceptors (Lipinski definition) is 3. The highest BCUT2D eigenvalue weighted by atomic mass is 16.5. The molecule has 0 spiro atoms. The molecule has 1 fully saturated rings. The monoisotopic (exact) mass is 271 g/mol. The maximum absolute atomic E-state index is 6.04.